The zero-order valence-electron chi connectivity index (χ0n) is 10.6. The smallest absolute Gasteiger partial charge is 0.240 e. The molecule has 19 heavy (non-hydrogen) atoms. The van der Waals surface area contributed by atoms with Crippen molar-refractivity contribution in [3.8, 4) is 0 Å². The molecule has 1 saturated heterocycles. The first kappa shape index (κ1) is 14.6. The van der Waals surface area contributed by atoms with Crippen LogP contribution in [0, 0.1) is 12.7 Å². The number of thioether (sulfide) groups is 1. The first-order valence-corrected chi connectivity index (χ1v) is 8.69. The van der Waals surface area contributed by atoms with E-state index in [0.717, 1.165) is 24.3 Å². The monoisotopic (exact) mass is 304 g/mol. The van der Waals surface area contributed by atoms with Gasteiger partial charge in [0.25, 0.3) is 0 Å². The number of nitrogen functional groups attached to an aromatic ring is 1. The van der Waals surface area contributed by atoms with Gasteiger partial charge in [0, 0.05) is 6.04 Å². The Morgan fingerprint density at radius 3 is 2.58 bits per heavy atom. The third-order valence-electron chi connectivity index (χ3n) is 3.11. The molecule has 1 aliphatic heterocycles. The number of nitrogens with one attached hydrogen (secondary N) is 1. The summed E-state index contributed by atoms with van der Waals surface area (Å²) in [6, 6.07) is 2.44. The van der Waals surface area contributed by atoms with Gasteiger partial charge in [-0.15, -0.1) is 0 Å². The Morgan fingerprint density at radius 2 is 2.00 bits per heavy atom. The molecule has 106 valence electrons. The summed E-state index contributed by atoms with van der Waals surface area (Å²) in [4.78, 5) is 0.0297. The van der Waals surface area contributed by atoms with Gasteiger partial charge in [0.1, 0.15) is 5.82 Å². The van der Waals surface area contributed by atoms with Crippen LogP contribution in [-0.4, -0.2) is 26.0 Å². The molecule has 0 unspecified atom stereocenters. The van der Waals surface area contributed by atoms with Crippen molar-refractivity contribution in [2.45, 2.75) is 30.7 Å². The van der Waals surface area contributed by atoms with Crippen LogP contribution in [0.4, 0.5) is 10.1 Å². The van der Waals surface area contributed by atoms with Crippen molar-refractivity contribution in [1.29, 1.82) is 0 Å². The van der Waals surface area contributed by atoms with Crippen LogP contribution in [0.5, 0.6) is 0 Å². The van der Waals surface area contributed by atoms with Crippen LogP contribution in [0.2, 0.25) is 0 Å². The first-order valence-electron chi connectivity index (χ1n) is 6.06. The zero-order chi connectivity index (χ0) is 14.0. The minimum absolute atomic E-state index is 0.0297. The molecule has 1 aromatic rings. The minimum atomic E-state index is -3.63. The molecule has 0 radical (unpaired) electrons. The van der Waals surface area contributed by atoms with Crippen LogP contribution in [0.1, 0.15) is 18.4 Å². The molecule has 0 amide bonds. The van der Waals surface area contributed by atoms with Gasteiger partial charge < -0.3 is 5.73 Å². The number of rotatable bonds is 3. The second-order valence-corrected chi connectivity index (χ2v) is 7.59. The molecule has 7 heteroatoms. The largest absolute Gasteiger partial charge is 0.396 e. The van der Waals surface area contributed by atoms with Crippen molar-refractivity contribution in [1.82, 2.24) is 4.72 Å². The summed E-state index contributed by atoms with van der Waals surface area (Å²) in [6.07, 6.45) is 1.64. The maximum absolute atomic E-state index is 13.4. The Bertz CT molecular complexity index is 546. The van der Waals surface area contributed by atoms with E-state index < -0.39 is 15.8 Å². The fourth-order valence-electron chi connectivity index (χ4n) is 2.02. The van der Waals surface area contributed by atoms with E-state index in [4.69, 9.17) is 5.73 Å². The highest BCUT2D eigenvalue weighted by Crippen LogP contribution is 2.23. The summed E-state index contributed by atoms with van der Waals surface area (Å²) in [5.41, 5.74) is 5.58. The molecule has 4 nitrogen and oxygen atoms in total. The third-order valence-corrected chi connectivity index (χ3v) is 5.66. The van der Waals surface area contributed by atoms with Crippen molar-refractivity contribution in [2.24, 2.45) is 0 Å². The Kier molecular flexibility index (Phi) is 4.37. The first-order chi connectivity index (χ1) is 8.90. The third kappa shape index (κ3) is 3.40. The van der Waals surface area contributed by atoms with Gasteiger partial charge in [-0.25, -0.2) is 17.5 Å². The molecule has 3 N–H and O–H groups in total. The fraction of sp³-hybridized carbons (Fsp3) is 0.500. The maximum atomic E-state index is 13.4. The van der Waals surface area contributed by atoms with Crippen LogP contribution in [0.15, 0.2) is 17.0 Å². The predicted molar refractivity (Wildman–Crippen MR) is 76.2 cm³/mol. The van der Waals surface area contributed by atoms with Gasteiger partial charge in [0.05, 0.1) is 10.6 Å². The number of hydrogen-bond donors (Lipinski definition) is 2. The van der Waals surface area contributed by atoms with E-state index in [-0.39, 0.29) is 22.2 Å². The Balaban J connectivity index is 2.24. The lowest BCUT2D eigenvalue weighted by Gasteiger charge is -2.22. The lowest BCUT2D eigenvalue weighted by Crippen LogP contribution is -2.37. The second-order valence-electron chi connectivity index (χ2n) is 4.65. The Hall–Kier alpha value is -0.790. The fourth-order valence-corrected chi connectivity index (χ4v) is 4.55. The van der Waals surface area contributed by atoms with Crippen LogP contribution in [0.25, 0.3) is 0 Å². The number of aryl methyl sites for hydroxylation is 1. The number of sulfonamides is 1. The van der Waals surface area contributed by atoms with Gasteiger partial charge in [-0.2, -0.15) is 11.8 Å². The molecule has 1 heterocycles. The number of halogens is 1. The molecule has 0 atom stereocenters. The molecular formula is C12H17FN2O2S2. The number of hydrogen-bond acceptors (Lipinski definition) is 4. The predicted octanol–water partition coefficient (Wildman–Crippen LogP) is 1.89. The van der Waals surface area contributed by atoms with Crippen molar-refractivity contribution >= 4 is 27.5 Å². The molecule has 0 aliphatic carbocycles. The van der Waals surface area contributed by atoms with Crippen LogP contribution in [-0.2, 0) is 10.0 Å². The van der Waals surface area contributed by atoms with Gasteiger partial charge in [0.2, 0.25) is 10.0 Å². The second kappa shape index (κ2) is 5.68. The Labute approximate surface area is 117 Å². The van der Waals surface area contributed by atoms with E-state index in [0.29, 0.717) is 0 Å². The van der Waals surface area contributed by atoms with E-state index in [1.54, 1.807) is 0 Å². The highest BCUT2D eigenvalue weighted by molar-refractivity contribution is 7.99. The molecular weight excluding hydrogens is 287 g/mol. The molecule has 0 aromatic heterocycles. The Morgan fingerprint density at radius 1 is 1.37 bits per heavy atom. The SMILES string of the molecule is Cc1cc(S(=O)(=O)NC2CCSCC2)cc(N)c1F. The van der Waals surface area contributed by atoms with E-state index >= 15 is 0 Å². The van der Waals surface area contributed by atoms with E-state index in [9.17, 15) is 12.8 Å². The molecule has 1 aromatic carbocycles. The van der Waals surface area contributed by atoms with E-state index in [1.165, 1.54) is 19.1 Å². The molecule has 0 saturated carbocycles. The lowest BCUT2D eigenvalue weighted by molar-refractivity contribution is 0.528. The number of nitrogens with two attached hydrogens (primary N) is 1. The molecule has 0 spiro atoms. The summed E-state index contributed by atoms with van der Waals surface area (Å²) in [7, 11) is -3.63. The number of anilines is 1. The van der Waals surface area contributed by atoms with Crippen molar-refractivity contribution in [3.05, 3.63) is 23.5 Å². The normalized spacial score (nSPS) is 17.6. The summed E-state index contributed by atoms with van der Waals surface area (Å²) < 4.78 is 40.5. The van der Waals surface area contributed by atoms with Crippen molar-refractivity contribution in [2.75, 3.05) is 17.2 Å². The molecule has 1 aliphatic rings. The van der Waals surface area contributed by atoms with E-state index in [1.807, 2.05) is 11.8 Å². The highest BCUT2D eigenvalue weighted by Gasteiger charge is 2.23. The number of benzene rings is 1. The quantitative estimate of drug-likeness (QED) is 0.837. The summed E-state index contributed by atoms with van der Waals surface area (Å²) in [6.45, 7) is 1.50. The lowest BCUT2D eigenvalue weighted by atomic mass is 10.2. The summed E-state index contributed by atoms with van der Waals surface area (Å²) in [5, 5.41) is 0. The van der Waals surface area contributed by atoms with Gasteiger partial charge >= 0.3 is 0 Å². The van der Waals surface area contributed by atoms with Gasteiger partial charge in [0.15, 0.2) is 0 Å². The summed E-state index contributed by atoms with van der Waals surface area (Å²) >= 11 is 1.82. The maximum Gasteiger partial charge on any atom is 0.240 e. The molecule has 0 bridgehead atoms. The zero-order valence-corrected chi connectivity index (χ0v) is 12.3. The van der Waals surface area contributed by atoms with Gasteiger partial charge in [-0.05, 0) is 49.0 Å². The van der Waals surface area contributed by atoms with Crippen LogP contribution < -0.4 is 10.5 Å². The van der Waals surface area contributed by atoms with Crippen molar-refractivity contribution < 1.29 is 12.8 Å². The summed E-state index contributed by atoms with van der Waals surface area (Å²) in [5.74, 6) is 1.35. The van der Waals surface area contributed by atoms with Gasteiger partial charge in [-0.1, -0.05) is 0 Å². The van der Waals surface area contributed by atoms with Gasteiger partial charge in [-0.3, -0.25) is 0 Å². The van der Waals surface area contributed by atoms with E-state index in [2.05, 4.69) is 4.72 Å². The average molecular weight is 304 g/mol. The average Bonchev–Trinajstić information content (AvgIpc) is 2.36. The standard InChI is InChI=1S/C12H17FN2O2S2/c1-8-6-10(7-11(14)12(8)13)19(16,17)15-9-2-4-18-5-3-9/h6-7,9,15H,2-5,14H2,1H3. The van der Waals surface area contributed by atoms with Crippen LogP contribution in [0.3, 0.4) is 0 Å². The van der Waals surface area contributed by atoms with Crippen LogP contribution >= 0.6 is 11.8 Å². The van der Waals surface area contributed by atoms with Crippen molar-refractivity contribution in [3.63, 3.8) is 0 Å². The highest BCUT2D eigenvalue weighted by atomic mass is 32.2. The molecule has 2 rings (SSSR count). The minimum Gasteiger partial charge on any atom is -0.396 e. The topological polar surface area (TPSA) is 72.2 Å². The molecule has 1 fully saturated rings.